The molecular formula is C22H20BrClN2O4S. The number of carbonyl (C=O) groups is 1. The topological polar surface area (TPSA) is 75.7 Å². The summed E-state index contributed by atoms with van der Waals surface area (Å²) in [5.41, 5.74) is 1.96. The highest BCUT2D eigenvalue weighted by atomic mass is 79.9. The summed E-state index contributed by atoms with van der Waals surface area (Å²) >= 11 is 9.24. The van der Waals surface area contributed by atoms with Crippen LogP contribution in [-0.2, 0) is 21.4 Å². The fraction of sp³-hybridized carbons (Fsp3) is 0.136. The zero-order chi connectivity index (χ0) is 22.4. The Morgan fingerprint density at radius 3 is 2.19 bits per heavy atom. The predicted molar refractivity (Wildman–Crippen MR) is 127 cm³/mol. The third-order valence-corrected chi connectivity index (χ3v) is 6.18. The highest BCUT2D eigenvalue weighted by Gasteiger charge is 2.18. The average Bonchev–Trinajstić information content (AvgIpc) is 2.73. The number of nitrogens with zero attached hydrogens (tertiary/aromatic N) is 1. The van der Waals surface area contributed by atoms with Crippen LogP contribution in [0.3, 0.4) is 0 Å². The Kier molecular flexibility index (Phi) is 7.59. The highest BCUT2D eigenvalue weighted by Crippen LogP contribution is 2.24. The minimum Gasteiger partial charge on any atom is -0.484 e. The van der Waals surface area contributed by atoms with Crippen LogP contribution in [-0.4, -0.2) is 27.2 Å². The Labute approximate surface area is 195 Å². The van der Waals surface area contributed by atoms with Gasteiger partial charge in [-0.2, -0.15) is 0 Å². The van der Waals surface area contributed by atoms with Gasteiger partial charge in [0.15, 0.2) is 6.61 Å². The monoisotopic (exact) mass is 522 g/mol. The Bertz CT molecular complexity index is 1140. The predicted octanol–water partition coefficient (Wildman–Crippen LogP) is 5.09. The number of rotatable bonds is 8. The molecule has 3 aromatic rings. The van der Waals surface area contributed by atoms with E-state index >= 15 is 0 Å². The Morgan fingerprint density at radius 2 is 1.61 bits per heavy atom. The maximum Gasteiger partial charge on any atom is 0.262 e. The van der Waals surface area contributed by atoms with Crippen molar-refractivity contribution in [3.8, 4) is 5.75 Å². The zero-order valence-electron chi connectivity index (χ0n) is 16.6. The molecule has 1 amide bonds. The van der Waals surface area contributed by atoms with Crippen molar-refractivity contribution in [1.29, 1.82) is 0 Å². The molecule has 1 N–H and O–H groups in total. The molecule has 0 aliphatic heterocycles. The first-order chi connectivity index (χ1) is 14.7. The summed E-state index contributed by atoms with van der Waals surface area (Å²) < 4.78 is 32.3. The molecule has 3 rings (SSSR count). The number of hydrogen-bond acceptors (Lipinski definition) is 4. The number of halogens is 2. The van der Waals surface area contributed by atoms with Crippen molar-refractivity contribution in [3.63, 3.8) is 0 Å². The zero-order valence-corrected chi connectivity index (χ0v) is 19.7. The SMILES string of the molecule is CS(=O)(=O)N(Cc1ccc(Cl)cc1)c1ccc(OCC(=O)Nc2ccc(Br)cc2)cc1. The first kappa shape index (κ1) is 23.1. The molecule has 0 heterocycles. The molecule has 0 saturated carbocycles. The molecular weight excluding hydrogens is 504 g/mol. The van der Waals surface area contributed by atoms with Gasteiger partial charge in [-0.25, -0.2) is 8.42 Å². The van der Waals surface area contributed by atoms with Crippen molar-refractivity contribution >= 4 is 54.8 Å². The van der Waals surface area contributed by atoms with Gasteiger partial charge in [0.05, 0.1) is 18.5 Å². The largest absolute Gasteiger partial charge is 0.484 e. The van der Waals surface area contributed by atoms with E-state index in [2.05, 4.69) is 21.2 Å². The summed E-state index contributed by atoms with van der Waals surface area (Å²) in [4.78, 5) is 12.1. The lowest BCUT2D eigenvalue weighted by atomic mass is 10.2. The molecule has 3 aromatic carbocycles. The van der Waals surface area contributed by atoms with Crippen molar-refractivity contribution in [2.75, 3.05) is 22.5 Å². The minimum atomic E-state index is -3.51. The van der Waals surface area contributed by atoms with Crippen LogP contribution in [0, 0.1) is 0 Å². The van der Waals surface area contributed by atoms with Crippen molar-refractivity contribution in [1.82, 2.24) is 0 Å². The van der Waals surface area contributed by atoms with Crippen molar-refractivity contribution in [2.45, 2.75) is 6.54 Å². The number of hydrogen-bond donors (Lipinski definition) is 1. The van der Waals surface area contributed by atoms with Crippen LogP contribution in [0.15, 0.2) is 77.3 Å². The summed E-state index contributed by atoms with van der Waals surface area (Å²) in [5, 5.41) is 3.32. The van der Waals surface area contributed by atoms with E-state index in [9.17, 15) is 13.2 Å². The Balaban J connectivity index is 1.63. The molecule has 0 radical (unpaired) electrons. The second-order valence-corrected chi connectivity index (χ2v) is 9.99. The van der Waals surface area contributed by atoms with E-state index in [-0.39, 0.29) is 19.1 Å². The van der Waals surface area contributed by atoms with Crippen LogP contribution in [0.1, 0.15) is 5.56 Å². The number of amides is 1. The van der Waals surface area contributed by atoms with Crippen LogP contribution in [0.5, 0.6) is 5.75 Å². The fourth-order valence-corrected chi connectivity index (χ4v) is 4.02. The normalized spacial score (nSPS) is 11.1. The number of nitrogens with one attached hydrogen (secondary N) is 1. The second kappa shape index (κ2) is 10.2. The molecule has 0 saturated heterocycles. The molecule has 0 spiro atoms. The molecule has 0 bridgehead atoms. The molecule has 6 nitrogen and oxygen atoms in total. The summed E-state index contributed by atoms with van der Waals surface area (Å²) in [6.07, 6.45) is 1.15. The van der Waals surface area contributed by atoms with Gasteiger partial charge in [0.25, 0.3) is 5.91 Å². The lowest BCUT2D eigenvalue weighted by Crippen LogP contribution is -2.29. The second-order valence-electron chi connectivity index (χ2n) is 6.73. The smallest absolute Gasteiger partial charge is 0.262 e. The lowest BCUT2D eigenvalue weighted by Gasteiger charge is -2.23. The van der Waals surface area contributed by atoms with Crippen LogP contribution < -0.4 is 14.4 Å². The lowest BCUT2D eigenvalue weighted by molar-refractivity contribution is -0.118. The Morgan fingerprint density at radius 1 is 1.00 bits per heavy atom. The van der Waals surface area contributed by atoms with E-state index in [0.29, 0.717) is 22.1 Å². The van der Waals surface area contributed by atoms with Gasteiger partial charge in [-0.3, -0.25) is 9.10 Å². The maximum absolute atomic E-state index is 12.3. The third-order valence-electron chi connectivity index (χ3n) is 4.26. The van der Waals surface area contributed by atoms with Crippen molar-refractivity contribution in [3.05, 3.63) is 87.9 Å². The summed E-state index contributed by atoms with van der Waals surface area (Å²) in [5.74, 6) is 0.154. The molecule has 31 heavy (non-hydrogen) atoms. The van der Waals surface area contributed by atoms with Crippen LogP contribution in [0.25, 0.3) is 0 Å². The summed E-state index contributed by atoms with van der Waals surface area (Å²) in [7, 11) is -3.51. The van der Waals surface area contributed by atoms with Gasteiger partial charge < -0.3 is 10.1 Å². The molecule has 0 aromatic heterocycles. The molecule has 0 unspecified atom stereocenters. The van der Waals surface area contributed by atoms with Gasteiger partial charge in [0, 0.05) is 15.2 Å². The van der Waals surface area contributed by atoms with Crippen molar-refractivity contribution in [2.24, 2.45) is 0 Å². The van der Waals surface area contributed by atoms with E-state index in [1.54, 1.807) is 60.7 Å². The van der Waals surface area contributed by atoms with E-state index in [1.165, 1.54) is 4.31 Å². The number of anilines is 2. The number of sulfonamides is 1. The van der Waals surface area contributed by atoms with Crippen LogP contribution >= 0.6 is 27.5 Å². The van der Waals surface area contributed by atoms with Gasteiger partial charge in [-0.05, 0) is 66.2 Å². The number of carbonyl (C=O) groups excluding carboxylic acids is 1. The molecule has 0 aliphatic carbocycles. The van der Waals surface area contributed by atoms with Gasteiger partial charge in [0.1, 0.15) is 5.75 Å². The van der Waals surface area contributed by atoms with Gasteiger partial charge in [-0.1, -0.05) is 39.7 Å². The standard InChI is InChI=1S/C22H20BrClN2O4S/c1-31(28,29)26(14-16-2-6-18(24)7-3-16)20-10-12-21(13-11-20)30-15-22(27)25-19-8-4-17(23)5-9-19/h2-13H,14-15H2,1H3,(H,25,27). The minimum absolute atomic E-state index is 0.171. The number of benzene rings is 3. The maximum atomic E-state index is 12.3. The van der Waals surface area contributed by atoms with Gasteiger partial charge in [0.2, 0.25) is 10.0 Å². The van der Waals surface area contributed by atoms with Crippen molar-refractivity contribution < 1.29 is 17.9 Å². The van der Waals surface area contributed by atoms with Crippen LogP contribution in [0.2, 0.25) is 5.02 Å². The molecule has 162 valence electrons. The molecule has 9 heteroatoms. The van der Waals surface area contributed by atoms with E-state index < -0.39 is 10.0 Å². The summed E-state index contributed by atoms with van der Waals surface area (Å²) in [6, 6.07) is 20.7. The first-order valence-corrected chi connectivity index (χ1v) is 12.2. The van der Waals surface area contributed by atoms with Gasteiger partial charge in [-0.15, -0.1) is 0 Å². The number of ether oxygens (including phenoxy) is 1. The van der Waals surface area contributed by atoms with E-state index in [0.717, 1.165) is 16.3 Å². The van der Waals surface area contributed by atoms with E-state index in [1.807, 2.05) is 12.1 Å². The third kappa shape index (κ3) is 6.99. The molecule has 0 fully saturated rings. The first-order valence-electron chi connectivity index (χ1n) is 9.21. The van der Waals surface area contributed by atoms with E-state index in [4.69, 9.17) is 16.3 Å². The Hall–Kier alpha value is -2.55. The van der Waals surface area contributed by atoms with Crippen LogP contribution in [0.4, 0.5) is 11.4 Å². The highest BCUT2D eigenvalue weighted by molar-refractivity contribution is 9.10. The quantitative estimate of drug-likeness (QED) is 0.446. The fourth-order valence-electron chi connectivity index (χ4n) is 2.74. The molecule has 0 aliphatic rings. The van der Waals surface area contributed by atoms with Gasteiger partial charge >= 0.3 is 0 Å². The average molecular weight is 524 g/mol. The molecule has 0 atom stereocenters. The summed E-state index contributed by atoms with van der Waals surface area (Å²) in [6.45, 7) is 0.00176.